The molecule has 8 nitrogen and oxygen atoms in total. The predicted octanol–water partition coefficient (Wildman–Crippen LogP) is 1.39. The average molecular weight is 382 g/mol. The molecule has 0 radical (unpaired) electrons. The number of rotatable bonds is 2. The Kier molecular flexibility index (Phi) is 4.12. The smallest absolute Gasteiger partial charge is 0.274 e. The summed E-state index contributed by atoms with van der Waals surface area (Å²) >= 11 is 0. The van der Waals surface area contributed by atoms with Gasteiger partial charge in [-0.1, -0.05) is 0 Å². The Morgan fingerprint density at radius 1 is 1.21 bits per heavy atom. The maximum absolute atomic E-state index is 12.9. The molecule has 28 heavy (non-hydrogen) atoms. The fourth-order valence-electron chi connectivity index (χ4n) is 4.59. The summed E-state index contributed by atoms with van der Waals surface area (Å²) in [5.41, 5.74) is 3.52. The van der Waals surface area contributed by atoms with Crippen molar-refractivity contribution in [3.63, 3.8) is 0 Å². The summed E-state index contributed by atoms with van der Waals surface area (Å²) in [6.45, 7) is 2.91. The van der Waals surface area contributed by atoms with Crippen molar-refractivity contribution in [3.8, 4) is 0 Å². The van der Waals surface area contributed by atoms with Crippen molar-refractivity contribution in [2.45, 2.75) is 44.2 Å². The van der Waals surface area contributed by atoms with Gasteiger partial charge in [0, 0.05) is 45.6 Å². The van der Waals surface area contributed by atoms with Crippen LogP contribution >= 0.6 is 0 Å². The minimum atomic E-state index is -0.409. The number of piperidine rings is 1. The lowest BCUT2D eigenvalue weighted by atomic mass is 9.83. The van der Waals surface area contributed by atoms with Gasteiger partial charge < -0.3 is 14.5 Å². The second kappa shape index (κ2) is 6.55. The van der Waals surface area contributed by atoms with E-state index in [4.69, 9.17) is 9.72 Å². The van der Waals surface area contributed by atoms with Gasteiger partial charge in [-0.2, -0.15) is 5.10 Å². The number of carbonyl (C=O) groups is 1. The largest absolute Gasteiger partial charge is 0.368 e. The Bertz CT molecular complexity index is 892. The number of amides is 1. The third-order valence-corrected chi connectivity index (χ3v) is 6.18. The molecular weight excluding hydrogens is 356 g/mol. The first-order valence-corrected chi connectivity index (χ1v) is 10.1. The second-order valence-corrected chi connectivity index (χ2v) is 8.17. The van der Waals surface area contributed by atoms with Gasteiger partial charge in [0.2, 0.25) is 5.95 Å². The number of carbonyl (C=O) groups excluding carboxylic acids is 1. The standard InChI is InChI=1S/C20H26N6O2/c1-24(2)19-21-13-14-5-11-28-20(17(14)22-19)6-9-25(10-7-20)18(27)16-12-15-4-3-8-26(15)23-16/h12-13H,3-11H2,1-2H3. The Balaban J connectivity index is 1.35. The number of ether oxygens (including phenoxy) is 1. The van der Waals surface area contributed by atoms with E-state index < -0.39 is 5.60 Å². The van der Waals surface area contributed by atoms with Crippen LogP contribution in [0.15, 0.2) is 12.3 Å². The molecule has 3 aliphatic heterocycles. The van der Waals surface area contributed by atoms with Crippen LogP contribution in [0.5, 0.6) is 0 Å². The van der Waals surface area contributed by atoms with E-state index in [1.54, 1.807) is 0 Å². The van der Waals surface area contributed by atoms with E-state index in [1.807, 2.05) is 40.8 Å². The first kappa shape index (κ1) is 17.6. The maximum Gasteiger partial charge on any atom is 0.274 e. The minimum absolute atomic E-state index is 0.0319. The summed E-state index contributed by atoms with van der Waals surface area (Å²) < 4.78 is 8.26. The van der Waals surface area contributed by atoms with Crippen LogP contribution in [0.1, 0.15) is 46.7 Å². The molecule has 148 valence electrons. The van der Waals surface area contributed by atoms with Gasteiger partial charge in [0.25, 0.3) is 5.91 Å². The minimum Gasteiger partial charge on any atom is -0.368 e. The molecule has 2 aromatic rings. The molecule has 0 aliphatic carbocycles. The van der Waals surface area contributed by atoms with Gasteiger partial charge in [-0.3, -0.25) is 9.48 Å². The lowest BCUT2D eigenvalue weighted by Gasteiger charge is -2.44. The predicted molar refractivity (Wildman–Crippen MR) is 103 cm³/mol. The van der Waals surface area contributed by atoms with E-state index in [1.165, 1.54) is 11.3 Å². The lowest BCUT2D eigenvalue weighted by Crippen LogP contribution is -2.49. The summed E-state index contributed by atoms with van der Waals surface area (Å²) in [5.74, 6) is 0.735. The average Bonchev–Trinajstić information content (AvgIpc) is 3.30. The number of aryl methyl sites for hydroxylation is 2. The highest BCUT2D eigenvalue weighted by Gasteiger charge is 2.43. The number of anilines is 1. The summed E-state index contributed by atoms with van der Waals surface area (Å²) in [5, 5.41) is 4.50. The van der Waals surface area contributed by atoms with E-state index in [0.29, 0.717) is 31.3 Å². The van der Waals surface area contributed by atoms with Crippen molar-refractivity contribution in [3.05, 3.63) is 34.9 Å². The molecule has 1 saturated heterocycles. The highest BCUT2D eigenvalue weighted by atomic mass is 16.5. The molecule has 0 saturated carbocycles. The Morgan fingerprint density at radius 2 is 2.04 bits per heavy atom. The van der Waals surface area contributed by atoms with E-state index in [2.05, 4.69) is 10.1 Å². The number of hydrogen-bond donors (Lipinski definition) is 0. The van der Waals surface area contributed by atoms with Crippen LogP contribution in [0, 0.1) is 0 Å². The van der Waals surface area contributed by atoms with Crippen LogP contribution in [0.2, 0.25) is 0 Å². The van der Waals surface area contributed by atoms with Crippen LogP contribution < -0.4 is 4.90 Å². The first-order chi connectivity index (χ1) is 13.6. The molecular formula is C20H26N6O2. The SMILES string of the molecule is CN(C)c1ncc2c(n1)C1(CCN(C(=O)c3cc4n(n3)CCC4)CC1)OCC2. The normalized spacial score (nSPS) is 20.1. The summed E-state index contributed by atoms with van der Waals surface area (Å²) in [6, 6.07) is 1.96. The topological polar surface area (TPSA) is 76.4 Å². The van der Waals surface area contributed by atoms with Gasteiger partial charge >= 0.3 is 0 Å². The second-order valence-electron chi connectivity index (χ2n) is 8.17. The third kappa shape index (κ3) is 2.78. The molecule has 2 aromatic heterocycles. The van der Waals surface area contributed by atoms with E-state index in [-0.39, 0.29) is 5.91 Å². The van der Waals surface area contributed by atoms with E-state index in [9.17, 15) is 4.79 Å². The fourth-order valence-corrected chi connectivity index (χ4v) is 4.59. The highest BCUT2D eigenvalue weighted by Crippen LogP contribution is 2.41. The van der Waals surface area contributed by atoms with Crippen LogP contribution in [0.25, 0.3) is 0 Å². The molecule has 0 N–H and O–H groups in total. The molecule has 5 heterocycles. The monoisotopic (exact) mass is 382 g/mol. The Hall–Kier alpha value is -2.48. The van der Waals surface area contributed by atoms with Gasteiger partial charge in [-0.25, -0.2) is 9.97 Å². The molecule has 0 bridgehead atoms. The molecule has 0 unspecified atom stereocenters. The van der Waals surface area contributed by atoms with E-state index >= 15 is 0 Å². The van der Waals surface area contributed by atoms with Gasteiger partial charge in [-0.15, -0.1) is 0 Å². The molecule has 8 heteroatoms. The first-order valence-electron chi connectivity index (χ1n) is 10.1. The van der Waals surface area contributed by atoms with Gasteiger partial charge in [0.05, 0.1) is 12.3 Å². The number of likely N-dealkylation sites (tertiary alicyclic amines) is 1. The van der Waals surface area contributed by atoms with Crippen LogP contribution in [0.4, 0.5) is 5.95 Å². The molecule has 5 rings (SSSR count). The van der Waals surface area contributed by atoms with Gasteiger partial charge in [-0.05, 0) is 43.7 Å². The number of fused-ring (bicyclic) bond motifs is 3. The molecule has 0 atom stereocenters. The number of nitrogens with zero attached hydrogens (tertiary/aromatic N) is 6. The van der Waals surface area contributed by atoms with Gasteiger partial charge in [0.1, 0.15) is 5.60 Å². The molecule has 3 aliphatic rings. The molecule has 1 fully saturated rings. The third-order valence-electron chi connectivity index (χ3n) is 6.18. The summed E-state index contributed by atoms with van der Waals surface area (Å²) in [6.07, 6.45) is 6.42. The molecule has 1 amide bonds. The van der Waals surface area contributed by atoms with Gasteiger partial charge in [0.15, 0.2) is 5.69 Å². The summed E-state index contributed by atoms with van der Waals surface area (Å²) in [7, 11) is 3.89. The van der Waals surface area contributed by atoms with Crippen LogP contribution in [0.3, 0.4) is 0 Å². The summed E-state index contributed by atoms with van der Waals surface area (Å²) in [4.78, 5) is 26.1. The zero-order chi connectivity index (χ0) is 19.3. The zero-order valence-corrected chi connectivity index (χ0v) is 16.5. The van der Waals surface area contributed by atoms with Crippen molar-refractivity contribution in [1.29, 1.82) is 0 Å². The maximum atomic E-state index is 12.9. The number of hydrogen-bond acceptors (Lipinski definition) is 6. The molecule has 1 spiro atoms. The molecule has 0 aromatic carbocycles. The Morgan fingerprint density at radius 3 is 2.79 bits per heavy atom. The van der Waals surface area contributed by atoms with Crippen LogP contribution in [-0.2, 0) is 29.7 Å². The van der Waals surface area contributed by atoms with Crippen molar-refractivity contribution >= 4 is 11.9 Å². The Labute approximate surface area is 164 Å². The lowest BCUT2D eigenvalue weighted by molar-refractivity contribution is -0.0967. The fraction of sp³-hybridized carbons (Fsp3) is 0.600. The van der Waals surface area contributed by atoms with E-state index in [0.717, 1.165) is 44.3 Å². The van der Waals surface area contributed by atoms with Crippen molar-refractivity contribution < 1.29 is 9.53 Å². The van der Waals surface area contributed by atoms with Crippen LogP contribution in [-0.4, -0.2) is 64.3 Å². The van der Waals surface area contributed by atoms with Crippen molar-refractivity contribution in [2.75, 3.05) is 38.7 Å². The van der Waals surface area contributed by atoms with Crippen molar-refractivity contribution in [1.82, 2.24) is 24.6 Å². The number of aromatic nitrogens is 4. The zero-order valence-electron chi connectivity index (χ0n) is 16.5. The van der Waals surface area contributed by atoms with Crippen molar-refractivity contribution in [2.24, 2.45) is 0 Å². The quantitative estimate of drug-likeness (QED) is 0.781. The highest BCUT2D eigenvalue weighted by molar-refractivity contribution is 5.92.